The second kappa shape index (κ2) is 8.45. The Bertz CT molecular complexity index is 1040. The molecule has 7 nitrogen and oxygen atoms in total. The van der Waals surface area contributed by atoms with Crippen LogP contribution in [0.15, 0.2) is 65.5 Å². The molecule has 2 aromatic heterocycles. The molecule has 0 atom stereocenters. The predicted molar refractivity (Wildman–Crippen MR) is 106 cm³/mol. The van der Waals surface area contributed by atoms with Crippen LogP contribution in [0.2, 0.25) is 0 Å². The number of sulfone groups is 1. The van der Waals surface area contributed by atoms with Gasteiger partial charge in [-0.15, -0.1) is 0 Å². The number of pyridine rings is 1. The first-order valence-electron chi connectivity index (χ1n) is 8.07. The second-order valence-corrected chi connectivity index (χ2v) is 8.95. The van der Waals surface area contributed by atoms with Crippen molar-refractivity contribution < 1.29 is 13.2 Å². The number of amides is 1. The van der Waals surface area contributed by atoms with Gasteiger partial charge in [0.1, 0.15) is 5.75 Å². The van der Waals surface area contributed by atoms with Crippen LogP contribution in [0.5, 0.6) is 0 Å². The van der Waals surface area contributed by atoms with Gasteiger partial charge in [0.15, 0.2) is 15.7 Å². The van der Waals surface area contributed by atoms with Gasteiger partial charge in [0.2, 0.25) is 5.91 Å². The quantitative estimate of drug-likeness (QED) is 0.599. The van der Waals surface area contributed by atoms with E-state index in [9.17, 15) is 13.2 Å². The average Bonchev–Trinajstić information content (AvgIpc) is 3.01. The molecule has 0 bridgehead atoms. The van der Waals surface area contributed by atoms with Crippen LogP contribution in [0.25, 0.3) is 0 Å². The highest BCUT2D eigenvalue weighted by molar-refractivity contribution is 9.10. The topological polar surface area (TPSA) is 94.0 Å². The summed E-state index contributed by atoms with van der Waals surface area (Å²) in [6.07, 6.45) is 5.12. The van der Waals surface area contributed by atoms with Crippen molar-refractivity contribution in [3.05, 3.63) is 76.7 Å². The summed E-state index contributed by atoms with van der Waals surface area (Å²) in [6.45, 7) is 0.505. The van der Waals surface area contributed by atoms with E-state index in [1.807, 2.05) is 18.2 Å². The van der Waals surface area contributed by atoms with Gasteiger partial charge in [-0.05, 0) is 29.3 Å². The van der Waals surface area contributed by atoms with E-state index in [0.29, 0.717) is 17.9 Å². The molecule has 1 aromatic carbocycles. The zero-order chi connectivity index (χ0) is 19.3. The molecule has 0 fully saturated rings. The Kier molecular flexibility index (Phi) is 6.02. The van der Waals surface area contributed by atoms with E-state index >= 15 is 0 Å². The fourth-order valence-electron chi connectivity index (χ4n) is 2.51. The van der Waals surface area contributed by atoms with Gasteiger partial charge >= 0.3 is 0 Å². The van der Waals surface area contributed by atoms with Crippen molar-refractivity contribution in [2.45, 2.75) is 12.3 Å². The molecule has 0 spiro atoms. The number of nitrogens with zero attached hydrogens (tertiary/aromatic N) is 3. The van der Waals surface area contributed by atoms with E-state index in [4.69, 9.17) is 0 Å². The Morgan fingerprint density at radius 2 is 1.96 bits per heavy atom. The van der Waals surface area contributed by atoms with Crippen LogP contribution in [0.4, 0.5) is 5.82 Å². The molecule has 0 aliphatic heterocycles. The molecule has 3 rings (SSSR count). The van der Waals surface area contributed by atoms with E-state index in [1.54, 1.807) is 47.5 Å². The Hall–Kier alpha value is -2.52. The Morgan fingerprint density at radius 3 is 2.70 bits per heavy atom. The van der Waals surface area contributed by atoms with E-state index in [0.717, 1.165) is 10.0 Å². The summed E-state index contributed by atoms with van der Waals surface area (Å²) < 4.78 is 26.9. The van der Waals surface area contributed by atoms with Crippen molar-refractivity contribution in [2.75, 3.05) is 11.1 Å². The summed E-state index contributed by atoms with van der Waals surface area (Å²) in [5, 5.41) is 6.75. The Morgan fingerprint density at radius 1 is 1.15 bits per heavy atom. The zero-order valence-corrected chi connectivity index (χ0v) is 16.6. The molecule has 0 unspecified atom stereocenters. The van der Waals surface area contributed by atoms with Gasteiger partial charge in [-0.2, -0.15) is 5.10 Å². The third kappa shape index (κ3) is 6.00. The molecule has 0 saturated heterocycles. The maximum Gasteiger partial charge on any atom is 0.240 e. The molecule has 27 heavy (non-hydrogen) atoms. The molecule has 140 valence electrons. The summed E-state index contributed by atoms with van der Waals surface area (Å²) in [6, 6.07) is 12.4. The minimum Gasteiger partial charge on any atom is -0.308 e. The highest BCUT2D eigenvalue weighted by atomic mass is 79.9. The normalized spacial score (nSPS) is 11.3. The van der Waals surface area contributed by atoms with Crippen LogP contribution in [-0.4, -0.2) is 34.8 Å². The fraction of sp³-hybridized carbons (Fsp3) is 0.167. The number of hydrogen-bond acceptors (Lipinski definition) is 5. The van der Waals surface area contributed by atoms with Gasteiger partial charge in [0, 0.05) is 29.1 Å². The summed E-state index contributed by atoms with van der Waals surface area (Å²) in [5.74, 6) is -1.11. The molecular formula is C18H17BrN4O3S. The third-order valence-electron chi connectivity index (χ3n) is 3.60. The highest BCUT2D eigenvalue weighted by Gasteiger charge is 2.18. The predicted octanol–water partition coefficient (Wildman–Crippen LogP) is 2.64. The molecule has 0 radical (unpaired) electrons. The van der Waals surface area contributed by atoms with Gasteiger partial charge in [0.05, 0.1) is 12.3 Å². The molecule has 2 heterocycles. The minimum absolute atomic E-state index is 0.199. The first-order chi connectivity index (χ1) is 12.9. The van der Waals surface area contributed by atoms with Crippen molar-refractivity contribution in [2.24, 2.45) is 0 Å². The maximum atomic E-state index is 12.2. The van der Waals surface area contributed by atoms with Crippen molar-refractivity contribution in [1.29, 1.82) is 0 Å². The van der Waals surface area contributed by atoms with Crippen molar-refractivity contribution in [3.8, 4) is 0 Å². The molecule has 9 heteroatoms. The SMILES string of the molecule is O=C(CS(=O)(=O)Cc1cccc(Br)c1)Nc1ccn(Cc2cccnc2)n1. The Labute approximate surface area is 165 Å². The summed E-state index contributed by atoms with van der Waals surface area (Å²) in [4.78, 5) is 16.1. The highest BCUT2D eigenvalue weighted by Crippen LogP contribution is 2.14. The third-order valence-corrected chi connectivity index (χ3v) is 5.57. The summed E-state index contributed by atoms with van der Waals surface area (Å²) in [5.41, 5.74) is 1.59. The van der Waals surface area contributed by atoms with Crippen LogP contribution >= 0.6 is 15.9 Å². The lowest BCUT2D eigenvalue weighted by Crippen LogP contribution is -2.24. The summed E-state index contributed by atoms with van der Waals surface area (Å²) >= 11 is 3.30. The van der Waals surface area contributed by atoms with Crippen LogP contribution in [0.1, 0.15) is 11.1 Å². The van der Waals surface area contributed by atoms with Crippen LogP contribution in [0.3, 0.4) is 0 Å². The zero-order valence-electron chi connectivity index (χ0n) is 14.2. The number of benzene rings is 1. The number of hydrogen-bond donors (Lipinski definition) is 1. The molecule has 0 aliphatic carbocycles. The molecule has 3 aromatic rings. The van der Waals surface area contributed by atoms with Crippen LogP contribution < -0.4 is 5.32 Å². The van der Waals surface area contributed by atoms with E-state index < -0.39 is 21.5 Å². The van der Waals surface area contributed by atoms with Gasteiger partial charge in [-0.25, -0.2) is 8.42 Å². The molecule has 0 saturated carbocycles. The average molecular weight is 449 g/mol. The minimum atomic E-state index is -3.59. The number of aromatic nitrogens is 3. The number of carbonyl (C=O) groups is 1. The van der Waals surface area contributed by atoms with Gasteiger partial charge in [-0.3, -0.25) is 14.5 Å². The molecular weight excluding hydrogens is 432 g/mol. The number of halogens is 1. The standard InChI is InChI=1S/C18H17BrN4O3S/c19-16-5-1-3-14(9-16)12-27(25,26)13-18(24)21-17-6-8-23(22-17)11-15-4-2-7-20-10-15/h1-10H,11-13H2,(H,21,22,24). The number of anilines is 1. The van der Waals surface area contributed by atoms with Crippen LogP contribution in [-0.2, 0) is 26.9 Å². The van der Waals surface area contributed by atoms with Crippen molar-refractivity contribution >= 4 is 37.5 Å². The van der Waals surface area contributed by atoms with Gasteiger partial charge in [0.25, 0.3) is 0 Å². The molecule has 1 amide bonds. The fourth-order valence-corrected chi connectivity index (χ4v) is 4.21. The largest absolute Gasteiger partial charge is 0.308 e. The monoisotopic (exact) mass is 448 g/mol. The van der Waals surface area contributed by atoms with Crippen LogP contribution in [0, 0.1) is 0 Å². The first-order valence-corrected chi connectivity index (χ1v) is 10.7. The second-order valence-electron chi connectivity index (χ2n) is 5.97. The molecule has 1 N–H and O–H groups in total. The van der Waals surface area contributed by atoms with Crippen molar-refractivity contribution in [3.63, 3.8) is 0 Å². The molecule has 0 aliphatic rings. The van der Waals surface area contributed by atoms with Gasteiger partial charge < -0.3 is 5.32 Å². The smallest absolute Gasteiger partial charge is 0.240 e. The first kappa shape index (κ1) is 19.2. The van der Waals surface area contributed by atoms with E-state index in [2.05, 4.69) is 31.3 Å². The number of rotatable bonds is 7. The Balaban J connectivity index is 1.57. The lowest BCUT2D eigenvalue weighted by molar-refractivity contribution is -0.113. The van der Waals surface area contributed by atoms with E-state index in [1.165, 1.54) is 0 Å². The summed E-state index contributed by atoms with van der Waals surface area (Å²) in [7, 11) is -3.59. The number of carbonyl (C=O) groups excluding carboxylic acids is 1. The van der Waals surface area contributed by atoms with Gasteiger partial charge in [-0.1, -0.05) is 34.1 Å². The van der Waals surface area contributed by atoms with E-state index in [-0.39, 0.29) is 5.75 Å². The maximum absolute atomic E-state index is 12.2. The number of nitrogens with one attached hydrogen (secondary N) is 1. The lowest BCUT2D eigenvalue weighted by atomic mass is 10.2. The van der Waals surface area contributed by atoms with Crippen molar-refractivity contribution in [1.82, 2.24) is 14.8 Å². The lowest BCUT2D eigenvalue weighted by Gasteiger charge is -2.05.